The fourth-order valence-corrected chi connectivity index (χ4v) is 2.94. The average Bonchev–Trinajstić information content (AvgIpc) is 3.31. The van der Waals surface area contributed by atoms with E-state index in [1.54, 1.807) is 12.7 Å². The van der Waals surface area contributed by atoms with E-state index in [0.29, 0.717) is 5.82 Å². The molecular weight excluding hydrogens is 314 g/mol. The molecule has 0 radical (unpaired) electrons. The molecule has 3 N–H and O–H groups in total. The molecule has 25 heavy (non-hydrogen) atoms. The van der Waals surface area contributed by atoms with Gasteiger partial charge < -0.3 is 11.1 Å². The van der Waals surface area contributed by atoms with Gasteiger partial charge in [-0.25, -0.2) is 9.97 Å². The summed E-state index contributed by atoms with van der Waals surface area (Å²) < 4.78 is 1.82. The van der Waals surface area contributed by atoms with Crippen LogP contribution >= 0.6 is 0 Å². The molecule has 0 fully saturated rings. The van der Waals surface area contributed by atoms with Gasteiger partial charge in [-0.1, -0.05) is 12.1 Å². The van der Waals surface area contributed by atoms with Gasteiger partial charge in [-0.15, -0.1) is 0 Å². The molecule has 0 unspecified atom stereocenters. The molecule has 0 bridgehead atoms. The number of aryl methyl sites for hydroxylation is 1. The van der Waals surface area contributed by atoms with Gasteiger partial charge in [0.2, 0.25) is 0 Å². The van der Waals surface area contributed by atoms with E-state index in [4.69, 9.17) is 5.73 Å². The van der Waals surface area contributed by atoms with Crippen molar-refractivity contribution in [3.05, 3.63) is 48.6 Å². The summed E-state index contributed by atoms with van der Waals surface area (Å²) in [6, 6.07) is 8.17. The number of aliphatic imine (C=N–C) groups is 1. The minimum absolute atomic E-state index is 0.514. The van der Waals surface area contributed by atoms with Gasteiger partial charge >= 0.3 is 0 Å². The van der Waals surface area contributed by atoms with Crippen LogP contribution in [0, 0.1) is 0 Å². The third kappa shape index (κ3) is 3.35. The second-order valence-corrected chi connectivity index (χ2v) is 5.95. The van der Waals surface area contributed by atoms with Crippen molar-refractivity contribution in [3.8, 4) is 0 Å². The zero-order valence-electron chi connectivity index (χ0n) is 13.8. The van der Waals surface area contributed by atoms with Gasteiger partial charge in [-0.05, 0) is 29.7 Å². The molecule has 0 saturated heterocycles. The number of nitrogen functional groups attached to an aromatic ring is 1. The summed E-state index contributed by atoms with van der Waals surface area (Å²) in [6.45, 7) is 2.37. The molecule has 4 rings (SSSR count). The maximum Gasteiger partial charge on any atom is 0.137 e. The summed E-state index contributed by atoms with van der Waals surface area (Å²) in [5.74, 6) is 0.514. The number of anilines is 2. The van der Waals surface area contributed by atoms with Crippen molar-refractivity contribution < 1.29 is 0 Å². The van der Waals surface area contributed by atoms with Crippen LogP contribution in [0.4, 0.5) is 11.5 Å². The van der Waals surface area contributed by atoms with Crippen molar-refractivity contribution in [1.29, 1.82) is 0 Å². The Morgan fingerprint density at radius 1 is 1.24 bits per heavy atom. The van der Waals surface area contributed by atoms with Crippen molar-refractivity contribution in [2.24, 2.45) is 4.99 Å². The van der Waals surface area contributed by atoms with Crippen LogP contribution in [0.3, 0.4) is 0 Å². The molecule has 3 aromatic rings. The van der Waals surface area contributed by atoms with Gasteiger partial charge in [0.1, 0.15) is 18.5 Å². The zero-order chi connectivity index (χ0) is 17.1. The van der Waals surface area contributed by atoms with E-state index < -0.39 is 0 Å². The van der Waals surface area contributed by atoms with Crippen molar-refractivity contribution in [3.63, 3.8) is 0 Å². The summed E-state index contributed by atoms with van der Waals surface area (Å²) in [4.78, 5) is 12.7. The smallest absolute Gasteiger partial charge is 0.137 e. The maximum absolute atomic E-state index is 6.00. The predicted molar refractivity (Wildman–Crippen MR) is 101 cm³/mol. The second kappa shape index (κ2) is 6.72. The number of hydrogen-bond donors (Lipinski definition) is 2. The van der Waals surface area contributed by atoms with E-state index in [-0.39, 0.29) is 0 Å². The van der Waals surface area contributed by atoms with E-state index in [9.17, 15) is 0 Å². The van der Waals surface area contributed by atoms with Gasteiger partial charge in [-0.2, -0.15) is 5.10 Å². The van der Waals surface area contributed by atoms with Crippen molar-refractivity contribution in [2.75, 3.05) is 24.1 Å². The van der Waals surface area contributed by atoms with Crippen LogP contribution in [0.25, 0.3) is 16.5 Å². The highest BCUT2D eigenvalue weighted by Crippen LogP contribution is 2.28. The summed E-state index contributed by atoms with van der Waals surface area (Å²) in [7, 11) is 0. The number of fused-ring (bicyclic) bond motifs is 1. The lowest BCUT2D eigenvalue weighted by atomic mass is 10.0. The Balaban J connectivity index is 1.51. The monoisotopic (exact) mass is 333 g/mol. The highest BCUT2D eigenvalue weighted by atomic mass is 15.3. The molecule has 1 aliphatic rings. The van der Waals surface area contributed by atoms with Gasteiger partial charge in [0, 0.05) is 36.4 Å². The Morgan fingerprint density at radius 2 is 2.20 bits per heavy atom. The number of nitrogens with two attached hydrogens (primary N) is 1. The summed E-state index contributed by atoms with van der Waals surface area (Å²) in [6.07, 6.45) is 8.09. The number of aromatic nitrogens is 4. The first-order chi connectivity index (χ1) is 12.3. The molecular formula is C18H19N7. The molecule has 0 spiro atoms. The molecule has 0 saturated carbocycles. The number of pyridine rings is 1. The van der Waals surface area contributed by atoms with E-state index in [0.717, 1.165) is 48.2 Å². The van der Waals surface area contributed by atoms with E-state index in [2.05, 4.69) is 43.6 Å². The molecule has 0 atom stereocenters. The van der Waals surface area contributed by atoms with E-state index in [1.165, 1.54) is 5.57 Å². The number of hydrogen-bond acceptors (Lipinski definition) is 6. The third-order valence-corrected chi connectivity index (χ3v) is 4.19. The van der Waals surface area contributed by atoms with Gasteiger partial charge in [0.15, 0.2) is 0 Å². The van der Waals surface area contributed by atoms with E-state index >= 15 is 0 Å². The van der Waals surface area contributed by atoms with Crippen LogP contribution in [0.5, 0.6) is 0 Å². The van der Waals surface area contributed by atoms with Crippen LogP contribution in [0.2, 0.25) is 0 Å². The topological polar surface area (TPSA) is 94.0 Å². The Morgan fingerprint density at radius 3 is 3.00 bits per heavy atom. The second-order valence-electron chi connectivity index (χ2n) is 5.95. The first-order valence-corrected chi connectivity index (χ1v) is 8.25. The third-order valence-electron chi connectivity index (χ3n) is 4.19. The van der Waals surface area contributed by atoms with Crippen LogP contribution in [-0.4, -0.2) is 39.1 Å². The van der Waals surface area contributed by atoms with Crippen LogP contribution < -0.4 is 11.1 Å². The minimum atomic E-state index is 0.514. The number of allylic oxidation sites excluding steroid dienone is 1. The molecule has 7 nitrogen and oxygen atoms in total. The lowest BCUT2D eigenvalue weighted by molar-refractivity contribution is 0.590. The Bertz CT molecular complexity index is 941. The Hall–Kier alpha value is -3.22. The molecule has 3 heterocycles. The Labute approximate surface area is 145 Å². The zero-order valence-corrected chi connectivity index (χ0v) is 13.8. The lowest BCUT2D eigenvalue weighted by Gasteiger charge is -2.12. The summed E-state index contributed by atoms with van der Waals surface area (Å²) >= 11 is 0. The van der Waals surface area contributed by atoms with Gasteiger partial charge in [0.25, 0.3) is 0 Å². The fourth-order valence-electron chi connectivity index (χ4n) is 2.94. The molecule has 0 aliphatic carbocycles. The number of rotatable bonds is 6. The standard InChI is InChI=1S/C18H19N7/c19-18-9-16(22-5-1-7-25-12-21-11-23-25)15-3-2-13(8-17(15)24-18)14-4-6-20-10-14/h2-4,6,8-9,11-12H,1,5,7,10H2,(H3,19,22,24). The van der Waals surface area contributed by atoms with Crippen molar-refractivity contribution in [2.45, 2.75) is 13.0 Å². The highest BCUT2D eigenvalue weighted by Gasteiger charge is 2.09. The predicted octanol–water partition coefficient (Wildman–Crippen LogP) is 2.38. The first-order valence-electron chi connectivity index (χ1n) is 8.25. The quantitative estimate of drug-likeness (QED) is 0.676. The summed E-state index contributed by atoms with van der Waals surface area (Å²) in [5, 5.41) is 8.63. The Kier molecular flexibility index (Phi) is 4.12. The van der Waals surface area contributed by atoms with Crippen molar-refractivity contribution in [1.82, 2.24) is 19.7 Å². The molecule has 1 aromatic carbocycles. The molecule has 0 amide bonds. The molecule has 1 aliphatic heterocycles. The van der Waals surface area contributed by atoms with Gasteiger partial charge in [0.05, 0.1) is 12.1 Å². The average molecular weight is 333 g/mol. The van der Waals surface area contributed by atoms with Crippen LogP contribution in [0.1, 0.15) is 12.0 Å². The normalized spacial score (nSPS) is 13.4. The first kappa shape index (κ1) is 15.3. The number of nitrogens with zero attached hydrogens (tertiary/aromatic N) is 5. The highest BCUT2D eigenvalue weighted by molar-refractivity contribution is 5.96. The van der Waals surface area contributed by atoms with Gasteiger partial charge in [-0.3, -0.25) is 9.67 Å². The molecule has 7 heteroatoms. The lowest BCUT2D eigenvalue weighted by Crippen LogP contribution is -2.08. The number of benzene rings is 1. The molecule has 2 aromatic heterocycles. The van der Waals surface area contributed by atoms with Crippen molar-refractivity contribution >= 4 is 34.2 Å². The summed E-state index contributed by atoms with van der Waals surface area (Å²) in [5.41, 5.74) is 10.2. The van der Waals surface area contributed by atoms with E-state index in [1.807, 2.05) is 23.0 Å². The number of nitrogens with one attached hydrogen (secondary N) is 1. The maximum atomic E-state index is 6.00. The largest absolute Gasteiger partial charge is 0.384 e. The van der Waals surface area contributed by atoms with Crippen LogP contribution in [0.15, 0.2) is 48.0 Å². The minimum Gasteiger partial charge on any atom is -0.384 e. The molecule has 126 valence electrons. The SMILES string of the molecule is Nc1cc(NCCCn2cncn2)c2ccc(C3=CC=NC3)cc2n1. The van der Waals surface area contributed by atoms with Crippen LogP contribution in [-0.2, 0) is 6.54 Å². The fraction of sp³-hybridized carbons (Fsp3) is 0.222.